The lowest BCUT2D eigenvalue weighted by Crippen LogP contribution is -2.43. The number of sulfonamides is 1. The SMILES string of the molecule is Cc1ccc(C)c2sc(NC(=O)C3CCCN3S(=O)(=O)c3ccc(F)cc3)nc12. The van der Waals surface area contributed by atoms with Crippen LogP contribution in [0.15, 0.2) is 41.3 Å². The molecule has 1 amide bonds. The van der Waals surface area contributed by atoms with Gasteiger partial charge in [0.05, 0.1) is 15.1 Å². The molecular formula is C20H20FN3O3S2. The number of carbonyl (C=O) groups excluding carboxylic acids is 1. The minimum absolute atomic E-state index is 0.0233. The molecule has 29 heavy (non-hydrogen) atoms. The fourth-order valence-electron chi connectivity index (χ4n) is 3.53. The number of anilines is 1. The van der Waals surface area contributed by atoms with E-state index in [1.165, 1.54) is 27.8 Å². The van der Waals surface area contributed by atoms with Crippen LogP contribution in [0.5, 0.6) is 0 Å². The third-order valence-corrected chi connectivity index (χ3v) is 8.13. The Morgan fingerprint density at radius 3 is 2.55 bits per heavy atom. The van der Waals surface area contributed by atoms with Crippen LogP contribution in [0.3, 0.4) is 0 Å². The standard InChI is InChI=1S/C20H20FN3O3S2/c1-12-5-6-13(2)18-17(12)22-20(28-18)23-19(25)16-4-3-11-24(16)29(26,27)15-9-7-14(21)8-10-15/h5-10,16H,3-4,11H2,1-2H3,(H,22,23,25). The minimum Gasteiger partial charge on any atom is -0.301 e. The first-order valence-corrected chi connectivity index (χ1v) is 11.5. The average Bonchev–Trinajstić information content (AvgIpc) is 3.33. The van der Waals surface area contributed by atoms with Gasteiger partial charge >= 0.3 is 0 Å². The second kappa shape index (κ2) is 7.47. The molecule has 1 aliphatic rings. The van der Waals surface area contributed by atoms with E-state index < -0.39 is 27.8 Å². The first-order chi connectivity index (χ1) is 13.8. The van der Waals surface area contributed by atoms with Gasteiger partial charge in [-0.2, -0.15) is 4.31 Å². The van der Waals surface area contributed by atoms with E-state index in [1.807, 2.05) is 26.0 Å². The Bertz CT molecular complexity index is 1150. The number of hydrogen-bond donors (Lipinski definition) is 1. The number of halogens is 1. The third-order valence-electron chi connectivity index (χ3n) is 5.10. The maximum absolute atomic E-state index is 13.2. The van der Waals surface area contributed by atoms with E-state index in [0.29, 0.717) is 18.0 Å². The van der Waals surface area contributed by atoms with Gasteiger partial charge in [0.2, 0.25) is 15.9 Å². The molecule has 0 bridgehead atoms. The summed E-state index contributed by atoms with van der Waals surface area (Å²) in [5.41, 5.74) is 2.93. The smallest absolute Gasteiger partial charge is 0.244 e. The molecule has 6 nitrogen and oxygen atoms in total. The van der Waals surface area contributed by atoms with E-state index in [2.05, 4.69) is 10.3 Å². The maximum atomic E-state index is 13.2. The van der Waals surface area contributed by atoms with E-state index in [-0.39, 0.29) is 11.4 Å². The van der Waals surface area contributed by atoms with Gasteiger partial charge in [0.1, 0.15) is 11.9 Å². The summed E-state index contributed by atoms with van der Waals surface area (Å²) in [6.07, 6.45) is 1.01. The Hall–Kier alpha value is -2.36. The van der Waals surface area contributed by atoms with Gasteiger partial charge in [0.15, 0.2) is 5.13 Å². The van der Waals surface area contributed by atoms with Crippen LogP contribution in [-0.2, 0) is 14.8 Å². The van der Waals surface area contributed by atoms with Crippen LogP contribution in [0.1, 0.15) is 24.0 Å². The second-order valence-corrected chi connectivity index (χ2v) is 10.0. The van der Waals surface area contributed by atoms with Crippen LogP contribution < -0.4 is 5.32 Å². The molecule has 1 aromatic heterocycles. The molecule has 1 unspecified atom stereocenters. The summed E-state index contributed by atoms with van der Waals surface area (Å²) in [6.45, 7) is 4.19. The highest BCUT2D eigenvalue weighted by Gasteiger charge is 2.39. The molecule has 0 radical (unpaired) electrons. The van der Waals surface area contributed by atoms with Gasteiger partial charge < -0.3 is 5.32 Å². The summed E-state index contributed by atoms with van der Waals surface area (Å²) >= 11 is 1.38. The fourth-order valence-corrected chi connectivity index (χ4v) is 6.20. The number of fused-ring (bicyclic) bond motifs is 1. The van der Waals surface area contributed by atoms with Crippen LogP contribution in [0.4, 0.5) is 9.52 Å². The quantitative estimate of drug-likeness (QED) is 0.678. The Morgan fingerprint density at radius 2 is 1.86 bits per heavy atom. The number of rotatable bonds is 4. The van der Waals surface area contributed by atoms with Crippen molar-refractivity contribution >= 4 is 42.6 Å². The second-order valence-electron chi connectivity index (χ2n) is 7.11. The van der Waals surface area contributed by atoms with Gasteiger partial charge in [-0.25, -0.2) is 17.8 Å². The molecule has 2 aromatic carbocycles. The van der Waals surface area contributed by atoms with E-state index >= 15 is 0 Å². The van der Waals surface area contributed by atoms with Crippen molar-refractivity contribution in [3.8, 4) is 0 Å². The predicted molar refractivity (Wildman–Crippen MR) is 111 cm³/mol. The Balaban J connectivity index is 1.59. The van der Waals surface area contributed by atoms with Crippen molar-refractivity contribution in [3.05, 3.63) is 53.3 Å². The van der Waals surface area contributed by atoms with E-state index in [4.69, 9.17) is 0 Å². The lowest BCUT2D eigenvalue weighted by Gasteiger charge is -2.23. The number of aryl methyl sites for hydroxylation is 2. The molecular weight excluding hydrogens is 413 g/mol. The van der Waals surface area contributed by atoms with Gasteiger partial charge in [-0.1, -0.05) is 23.5 Å². The normalized spacial score (nSPS) is 17.7. The van der Waals surface area contributed by atoms with Crippen LogP contribution in [0.25, 0.3) is 10.2 Å². The van der Waals surface area contributed by atoms with E-state index in [1.54, 1.807) is 0 Å². The number of benzene rings is 2. The number of aromatic nitrogens is 1. The summed E-state index contributed by atoms with van der Waals surface area (Å²) in [7, 11) is -3.89. The van der Waals surface area contributed by atoms with Crippen molar-refractivity contribution in [2.75, 3.05) is 11.9 Å². The minimum atomic E-state index is -3.89. The van der Waals surface area contributed by atoms with Crippen molar-refractivity contribution < 1.29 is 17.6 Å². The molecule has 9 heteroatoms. The summed E-state index contributed by atoms with van der Waals surface area (Å²) in [5.74, 6) is -0.913. The lowest BCUT2D eigenvalue weighted by atomic mass is 10.1. The fraction of sp³-hybridized carbons (Fsp3) is 0.300. The highest BCUT2D eigenvalue weighted by atomic mass is 32.2. The van der Waals surface area contributed by atoms with Crippen molar-refractivity contribution in [1.29, 1.82) is 0 Å². The average molecular weight is 434 g/mol. The summed E-state index contributed by atoms with van der Waals surface area (Å²) in [5, 5.41) is 3.25. The van der Waals surface area contributed by atoms with Gasteiger partial charge in [0, 0.05) is 6.54 Å². The van der Waals surface area contributed by atoms with E-state index in [9.17, 15) is 17.6 Å². The van der Waals surface area contributed by atoms with Gasteiger partial charge in [-0.3, -0.25) is 4.79 Å². The Kier molecular flexibility index (Phi) is 5.14. The molecule has 1 atom stereocenters. The lowest BCUT2D eigenvalue weighted by molar-refractivity contribution is -0.119. The summed E-state index contributed by atoms with van der Waals surface area (Å²) in [6, 6.07) is 7.81. The zero-order valence-electron chi connectivity index (χ0n) is 16.0. The number of nitrogens with one attached hydrogen (secondary N) is 1. The molecule has 1 saturated heterocycles. The summed E-state index contributed by atoms with van der Waals surface area (Å²) < 4.78 is 41.3. The number of carbonyl (C=O) groups is 1. The van der Waals surface area contributed by atoms with Crippen molar-refractivity contribution in [2.24, 2.45) is 0 Å². The highest BCUT2D eigenvalue weighted by Crippen LogP contribution is 2.32. The molecule has 0 saturated carbocycles. The van der Waals surface area contributed by atoms with Crippen molar-refractivity contribution in [1.82, 2.24) is 9.29 Å². The van der Waals surface area contributed by atoms with Crippen LogP contribution in [0.2, 0.25) is 0 Å². The zero-order valence-corrected chi connectivity index (χ0v) is 17.6. The molecule has 2 heterocycles. The Morgan fingerprint density at radius 1 is 1.17 bits per heavy atom. The number of thiazole rings is 1. The molecule has 1 aliphatic heterocycles. The maximum Gasteiger partial charge on any atom is 0.244 e. The number of amides is 1. The highest BCUT2D eigenvalue weighted by molar-refractivity contribution is 7.89. The first-order valence-electron chi connectivity index (χ1n) is 9.22. The van der Waals surface area contributed by atoms with Gasteiger partial charge in [0.25, 0.3) is 0 Å². The van der Waals surface area contributed by atoms with Gasteiger partial charge in [-0.15, -0.1) is 0 Å². The zero-order chi connectivity index (χ0) is 20.8. The Labute approximate surface area is 172 Å². The van der Waals surface area contributed by atoms with E-state index in [0.717, 1.165) is 33.5 Å². The molecule has 3 aromatic rings. The van der Waals surface area contributed by atoms with Gasteiger partial charge in [-0.05, 0) is 62.1 Å². The molecule has 1 fully saturated rings. The van der Waals surface area contributed by atoms with Crippen LogP contribution in [-0.4, -0.2) is 36.2 Å². The first kappa shape index (κ1) is 19.9. The number of hydrogen-bond acceptors (Lipinski definition) is 5. The molecule has 152 valence electrons. The topological polar surface area (TPSA) is 79.4 Å². The van der Waals surface area contributed by atoms with Crippen LogP contribution >= 0.6 is 11.3 Å². The van der Waals surface area contributed by atoms with Crippen molar-refractivity contribution in [3.63, 3.8) is 0 Å². The monoisotopic (exact) mass is 433 g/mol. The molecule has 0 spiro atoms. The predicted octanol–water partition coefficient (Wildman–Crippen LogP) is 3.84. The van der Waals surface area contributed by atoms with Crippen LogP contribution in [0, 0.1) is 19.7 Å². The molecule has 0 aliphatic carbocycles. The third kappa shape index (κ3) is 3.65. The van der Waals surface area contributed by atoms with Crippen molar-refractivity contribution in [2.45, 2.75) is 37.6 Å². The summed E-state index contributed by atoms with van der Waals surface area (Å²) in [4.78, 5) is 17.4. The largest absolute Gasteiger partial charge is 0.301 e. The molecule has 4 rings (SSSR count). The number of nitrogens with zero attached hydrogens (tertiary/aromatic N) is 2. The molecule has 1 N–H and O–H groups in total.